The fourth-order valence-corrected chi connectivity index (χ4v) is 1.77. The van der Waals surface area contributed by atoms with Gasteiger partial charge >= 0.3 is 0 Å². The van der Waals surface area contributed by atoms with Crippen molar-refractivity contribution in [2.75, 3.05) is 19.0 Å². The van der Waals surface area contributed by atoms with Crippen LogP contribution in [0.3, 0.4) is 0 Å². The second kappa shape index (κ2) is 4.14. The van der Waals surface area contributed by atoms with Gasteiger partial charge in [-0.25, -0.2) is 0 Å². The first-order valence-corrected chi connectivity index (χ1v) is 5.33. The summed E-state index contributed by atoms with van der Waals surface area (Å²) in [7, 11) is 1.78. The van der Waals surface area contributed by atoms with Gasteiger partial charge in [-0.3, -0.25) is 0 Å². The number of nitrogens with one attached hydrogen (secondary N) is 1. The minimum Gasteiger partial charge on any atom is -0.376 e. The van der Waals surface area contributed by atoms with Gasteiger partial charge in [-0.15, -0.1) is 5.10 Å². The molecule has 1 aromatic heterocycles. The maximum atomic E-state index is 5.51. The van der Waals surface area contributed by atoms with E-state index in [1.807, 2.05) is 19.1 Å². The van der Waals surface area contributed by atoms with Crippen LogP contribution in [-0.4, -0.2) is 29.5 Å². The Balaban J connectivity index is 1.90. The van der Waals surface area contributed by atoms with Gasteiger partial charge in [0.25, 0.3) is 0 Å². The van der Waals surface area contributed by atoms with E-state index in [9.17, 15) is 0 Å². The van der Waals surface area contributed by atoms with Crippen molar-refractivity contribution in [2.24, 2.45) is 0 Å². The molecule has 0 saturated heterocycles. The normalized spacial score (nSPS) is 18.3. The number of hydrogen-bond acceptors (Lipinski definition) is 4. The summed E-state index contributed by atoms with van der Waals surface area (Å²) in [6.45, 7) is 2.75. The van der Waals surface area contributed by atoms with Crippen molar-refractivity contribution in [2.45, 2.75) is 31.8 Å². The minimum atomic E-state index is 0.0343. The summed E-state index contributed by atoms with van der Waals surface area (Å²) in [5, 5.41) is 11.3. The van der Waals surface area contributed by atoms with E-state index < -0.39 is 0 Å². The van der Waals surface area contributed by atoms with Gasteiger partial charge in [0, 0.05) is 13.7 Å². The predicted octanol–water partition coefficient (Wildman–Crippen LogP) is 1.77. The first-order chi connectivity index (χ1) is 7.24. The molecule has 82 valence electrons. The molecule has 0 unspecified atom stereocenters. The van der Waals surface area contributed by atoms with Crippen LogP contribution in [0.25, 0.3) is 0 Å². The second-order valence-corrected chi connectivity index (χ2v) is 4.15. The molecule has 2 rings (SSSR count). The van der Waals surface area contributed by atoms with Crippen LogP contribution in [0.1, 0.15) is 25.0 Å². The Hall–Kier alpha value is -1.16. The average Bonchev–Trinajstić information content (AvgIpc) is 2.20. The Morgan fingerprint density at radius 2 is 2.20 bits per heavy atom. The molecule has 1 N–H and O–H groups in total. The summed E-state index contributed by atoms with van der Waals surface area (Å²) in [5.41, 5.74) is 0.970. The predicted molar refractivity (Wildman–Crippen MR) is 58.8 cm³/mol. The monoisotopic (exact) mass is 207 g/mol. The molecule has 0 bridgehead atoms. The number of methoxy groups -OCH3 is 1. The highest BCUT2D eigenvalue weighted by molar-refractivity contribution is 5.33. The Kier molecular flexibility index (Phi) is 2.86. The van der Waals surface area contributed by atoms with Gasteiger partial charge in [-0.1, -0.05) is 0 Å². The van der Waals surface area contributed by atoms with Crippen LogP contribution < -0.4 is 5.32 Å². The average molecular weight is 207 g/mol. The van der Waals surface area contributed by atoms with Gasteiger partial charge in [0.05, 0.1) is 11.3 Å². The first kappa shape index (κ1) is 10.4. The number of anilines is 1. The molecule has 1 fully saturated rings. The van der Waals surface area contributed by atoms with Crippen LogP contribution in [-0.2, 0) is 4.74 Å². The third-order valence-corrected chi connectivity index (χ3v) is 3.09. The molecular weight excluding hydrogens is 190 g/mol. The number of aromatic nitrogens is 2. The van der Waals surface area contributed by atoms with E-state index in [2.05, 4.69) is 15.5 Å². The second-order valence-electron chi connectivity index (χ2n) is 4.15. The molecule has 1 heterocycles. The zero-order valence-electron chi connectivity index (χ0n) is 9.29. The molecular formula is C11H17N3O. The van der Waals surface area contributed by atoms with Crippen molar-refractivity contribution >= 4 is 5.82 Å². The quantitative estimate of drug-likeness (QED) is 0.817. The third-order valence-electron chi connectivity index (χ3n) is 3.09. The highest BCUT2D eigenvalue weighted by Crippen LogP contribution is 2.34. The lowest BCUT2D eigenvalue weighted by atomic mass is 9.80. The Labute approximate surface area is 90.1 Å². The molecule has 0 amide bonds. The molecule has 0 spiro atoms. The smallest absolute Gasteiger partial charge is 0.148 e. The van der Waals surface area contributed by atoms with Crippen LogP contribution in [0, 0.1) is 6.92 Å². The number of rotatable bonds is 4. The minimum absolute atomic E-state index is 0.0343. The maximum Gasteiger partial charge on any atom is 0.148 e. The summed E-state index contributed by atoms with van der Waals surface area (Å²) in [5.74, 6) is 0.823. The van der Waals surface area contributed by atoms with Crippen molar-refractivity contribution in [3.8, 4) is 0 Å². The lowest BCUT2D eigenvalue weighted by Crippen LogP contribution is -2.45. The van der Waals surface area contributed by atoms with Crippen molar-refractivity contribution in [3.63, 3.8) is 0 Å². The van der Waals surface area contributed by atoms with Gasteiger partial charge in [0.1, 0.15) is 5.82 Å². The zero-order valence-corrected chi connectivity index (χ0v) is 9.29. The fraction of sp³-hybridized carbons (Fsp3) is 0.636. The van der Waals surface area contributed by atoms with Crippen molar-refractivity contribution in [3.05, 3.63) is 17.8 Å². The highest BCUT2D eigenvalue weighted by atomic mass is 16.5. The van der Waals surface area contributed by atoms with E-state index in [-0.39, 0.29) is 5.60 Å². The molecule has 15 heavy (non-hydrogen) atoms. The van der Waals surface area contributed by atoms with Crippen LogP contribution in [0.2, 0.25) is 0 Å². The van der Waals surface area contributed by atoms with Gasteiger partial charge < -0.3 is 10.1 Å². The van der Waals surface area contributed by atoms with Crippen LogP contribution in [0.5, 0.6) is 0 Å². The van der Waals surface area contributed by atoms with Gasteiger partial charge in [0.15, 0.2) is 0 Å². The molecule has 4 nitrogen and oxygen atoms in total. The van der Waals surface area contributed by atoms with Crippen molar-refractivity contribution in [1.82, 2.24) is 10.2 Å². The summed E-state index contributed by atoms with van der Waals surface area (Å²) >= 11 is 0. The SMILES string of the molecule is COC1(CNc2ccc(C)nn2)CCC1. The molecule has 1 saturated carbocycles. The molecule has 1 aliphatic rings. The Bertz CT molecular complexity index is 314. The summed E-state index contributed by atoms with van der Waals surface area (Å²) in [6, 6.07) is 3.90. The standard InChI is InChI=1S/C11H17N3O/c1-9-4-5-10(14-13-9)12-8-11(15-2)6-3-7-11/h4-5H,3,6-8H2,1-2H3,(H,12,14). The van der Waals surface area contributed by atoms with E-state index in [0.29, 0.717) is 0 Å². The molecule has 1 aromatic rings. The molecule has 0 atom stereocenters. The highest BCUT2D eigenvalue weighted by Gasteiger charge is 2.36. The number of hydrogen-bond donors (Lipinski definition) is 1. The molecule has 0 radical (unpaired) electrons. The summed E-state index contributed by atoms with van der Waals surface area (Å²) in [6.07, 6.45) is 3.53. The van der Waals surface area contributed by atoms with Crippen LogP contribution in [0.4, 0.5) is 5.82 Å². The zero-order chi connectivity index (χ0) is 10.7. The van der Waals surface area contributed by atoms with E-state index in [1.165, 1.54) is 6.42 Å². The van der Waals surface area contributed by atoms with Crippen LogP contribution >= 0.6 is 0 Å². The molecule has 4 heteroatoms. The Morgan fingerprint density at radius 3 is 2.67 bits per heavy atom. The largest absolute Gasteiger partial charge is 0.376 e. The molecule has 0 aromatic carbocycles. The summed E-state index contributed by atoms with van der Waals surface area (Å²) < 4.78 is 5.51. The lowest BCUT2D eigenvalue weighted by molar-refractivity contribution is -0.0601. The van der Waals surface area contributed by atoms with E-state index in [4.69, 9.17) is 4.74 Å². The lowest BCUT2D eigenvalue weighted by Gasteiger charge is -2.40. The topological polar surface area (TPSA) is 47.0 Å². The number of ether oxygens (including phenoxy) is 1. The van der Waals surface area contributed by atoms with E-state index >= 15 is 0 Å². The molecule has 0 aliphatic heterocycles. The fourth-order valence-electron chi connectivity index (χ4n) is 1.77. The van der Waals surface area contributed by atoms with Gasteiger partial charge in [-0.2, -0.15) is 5.10 Å². The number of aryl methyl sites for hydroxylation is 1. The van der Waals surface area contributed by atoms with Gasteiger partial charge in [0.2, 0.25) is 0 Å². The maximum absolute atomic E-state index is 5.51. The summed E-state index contributed by atoms with van der Waals surface area (Å²) in [4.78, 5) is 0. The van der Waals surface area contributed by atoms with E-state index in [1.54, 1.807) is 7.11 Å². The van der Waals surface area contributed by atoms with Crippen LogP contribution in [0.15, 0.2) is 12.1 Å². The van der Waals surface area contributed by atoms with Gasteiger partial charge in [-0.05, 0) is 38.3 Å². The van der Waals surface area contributed by atoms with E-state index in [0.717, 1.165) is 30.9 Å². The third kappa shape index (κ3) is 2.26. The Morgan fingerprint density at radius 1 is 1.40 bits per heavy atom. The van der Waals surface area contributed by atoms with Crippen molar-refractivity contribution in [1.29, 1.82) is 0 Å². The van der Waals surface area contributed by atoms with Crippen molar-refractivity contribution < 1.29 is 4.74 Å². The molecule has 1 aliphatic carbocycles. The first-order valence-electron chi connectivity index (χ1n) is 5.33. The number of nitrogens with zero attached hydrogens (tertiary/aromatic N) is 2.